The number of aliphatic hydroxyl groups excluding tert-OH is 2. The van der Waals surface area contributed by atoms with Crippen LogP contribution in [0.4, 0.5) is 0 Å². The van der Waals surface area contributed by atoms with Gasteiger partial charge in [-0.25, -0.2) is 0 Å². The minimum absolute atomic E-state index is 0.0547. The summed E-state index contributed by atoms with van der Waals surface area (Å²) >= 11 is 0. The van der Waals surface area contributed by atoms with Crippen molar-refractivity contribution in [2.24, 2.45) is 0 Å². The molecular formula is C56H95NO3. The number of unbranched alkanes of at least 4 members (excludes halogenated alkanes) is 19. The molecule has 0 saturated heterocycles. The average molecular weight is 830 g/mol. The molecule has 0 fully saturated rings. The van der Waals surface area contributed by atoms with Crippen LogP contribution in [-0.2, 0) is 4.79 Å². The number of rotatable bonds is 44. The van der Waals surface area contributed by atoms with Gasteiger partial charge in [-0.3, -0.25) is 4.79 Å². The fraction of sp³-hybridized carbons (Fsp3) is 0.661. The number of aliphatic hydroxyl groups is 2. The second-order valence-corrected chi connectivity index (χ2v) is 16.5. The van der Waals surface area contributed by atoms with E-state index in [9.17, 15) is 15.0 Å². The number of carbonyl (C=O) groups is 1. The predicted molar refractivity (Wildman–Crippen MR) is 266 cm³/mol. The lowest BCUT2D eigenvalue weighted by molar-refractivity contribution is -0.123. The lowest BCUT2D eigenvalue weighted by atomic mass is 10.0. The van der Waals surface area contributed by atoms with Crippen LogP contribution in [-0.4, -0.2) is 34.9 Å². The minimum atomic E-state index is -0.675. The van der Waals surface area contributed by atoms with E-state index in [4.69, 9.17) is 0 Å². The molecule has 60 heavy (non-hydrogen) atoms. The number of hydrogen-bond acceptors (Lipinski definition) is 3. The van der Waals surface area contributed by atoms with Crippen molar-refractivity contribution < 1.29 is 15.0 Å². The summed E-state index contributed by atoms with van der Waals surface area (Å²) in [4.78, 5) is 12.4. The summed E-state index contributed by atoms with van der Waals surface area (Å²) < 4.78 is 0. The zero-order chi connectivity index (χ0) is 43.5. The molecule has 0 aromatic rings. The van der Waals surface area contributed by atoms with Crippen molar-refractivity contribution in [1.29, 1.82) is 0 Å². The Morgan fingerprint density at radius 2 is 0.733 bits per heavy atom. The Morgan fingerprint density at radius 1 is 0.417 bits per heavy atom. The van der Waals surface area contributed by atoms with Gasteiger partial charge in [0, 0.05) is 6.42 Å². The van der Waals surface area contributed by atoms with Crippen molar-refractivity contribution in [2.75, 3.05) is 6.61 Å². The Bertz CT molecular complexity index is 1170. The maximum absolute atomic E-state index is 12.4. The molecule has 0 rings (SSSR count). The number of carbonyl (C=O) groups excluding carboxylic acids is 1. The zero-order valence-corrected chi connectivity index (χ0v) is 39.2. The number of amides is 1. The normalized spacial score (nSPS) is 13.9. The largest absolute Gasteiger partial charge is 0.394 e. The summed E-state index contributed by atoms with van der Waals surface area (Å²) in [6.45, 7) is 4.23. The van der Waals surface area contributed by atoms with Crippen molar-refractivity contribution in [3.8, 4) is 0 Å². The summed E-state index contributed by atoms with van der Waals surface area (Å²) in [6.07, 6.45) is 76.1. The molecule has 0 saturated carbocycles. The first-order chi connectivity index (χ1) is 29.7. The lowest BCUT2D eigenvalue weighted by Crippen LogP contribution is -2.45. The van der Waals surface area contributed by atoms with Crippen molar-refractivity contribution >= 4 is 5.91 Å². The molecule has 0 aliphatic heterocycles. The fourth-order valence-corrected chi connectivity index (χ4v) is 7.00. The van der Waals surface area contributed by atoms with E-state index >= 15 is 0 Å². The van der Waals surface area contributed by atoms with Crippen LogP contribution in [0.1, 0.15) is 219 Å². The quantitative estimate of drug-likeness (QED) is 0.0423. The third-order valence-electron chi connectivity index (χ3n) is 10.8. The molecule has 342 valence electrons. The van der Waals surface area contributed by atoms with E-state index in [2.05, 4.69) is 129 Å². The van der Waals surface area contributed by atoms with E-state index in [0.29, 0.717) is 12.8 Å². The van der Waals surface area contributed by atoms with E-state index in [-0.39, 0.29) is 12.5 Å². The van der Waals surface area contributed by atoms with Gasteiger partial charge >= 0.3 is 0 Å². The van der Waals surface area contributed by atoms with Crippen molar-refractivity contribution in [3.63, 3.8) is 0 Å². The molecule has 0 radical (unpaired) electrons. The molecular weight excluding hydrogens is 735 g/mol. The number of nitrogens with one attached hydrogen (secondary N) is 1. The Morgan fingerprint density at radius 3 is 1.10 bits per heavy atom. The topological polar surface area (TPSA) is 69.6 Å². The molecule has 2 unspecified atom stereocenters. The first-order valence-corrected chi connectivity index (χ1v) is 25.1. The van der Waals surface area contributed by atoms with Crippen LogP contribution in [0.25, 0.3) is 0 Å². The van der Waals surface area contributed by atoms with Crippen molar-refractivity contribution in [1.82, 2.24) is 5.32 Å². The Balaban J connectivity index is 3.65. The smallest absolute Gasteiger partial charge is 0.220 e. The van der Waals surface area contributed by atoms with E-state index in [1.54, 1.807) is 0 Å². The third kappa shape index (κ3) is 46.1. The Kier molecular flexibility index (Phi) is 47.9. The first kappa shape index (κ1) is 57.1. The van der Waals surface area contributed by atoms with E-state index in [1.807, 2.05) is 0 Å². The summed E-state index contributed by atoms with van der Waals surface area (Å²) in [7, 11) is 0. The van der Waals surface area contributed by atoms with Gasteiger partial charge in [-0.15, -0.1) is 0 Å². The summed E-state index contributed by atoms with van der Waals surface area (Å²) in [5, 5.41) is 23.2. The Labute approximate surface area is 372 Å². The fourth-order valence-electron chi connectivity index (χ4n) is 7.00. The van der Waals surface area contributed by atoms with Crippen LogP contribution in [0.2, 0.25) is 0 Å². The first-order valence-electron chi connectivity index (χ1n) is 25.1. The van der Waals surface area contributed by atoms with E-state index in [0.717, 1.165) is 96.3 Å². The summed E-state index contributed by atoms with van der Waals surface area (Å²) in [6, 6.07) is -0.554. The maximum Gasteiger partial charge on any atom is 0.220 e. The SMILES string of the molecule is CC/C=C\C/C=C\C/C=C\C/C=C\C/C=C\C/C=C\C/C=C\C/C=C\C/C=C\CCCCCCCC(=O)NC(CO)C(O)CCCCCCCCCCCCCCCCC. The highest BCUT2D eigenvalue weighted by molar-refractivity contribution is 5.76. The van der Waals surface area contributed by atoms with Crippen molar-refractivity contribution in [2.45, 2.75) is 231 Å². The van der Waals surface area contributed by atoms with Crippen LogP contribution in [0.3, 0.4) is 0 Å². The van der Waals surface area contributed by atoms with Gasteiger partial charge in [0.2, 0.25) is 5.91 Å². The zero-order valence-electron chi connectivity index (χ0n) is 39.2. The number of allylic oxidation sites excluding steroid dienone is 18. The van der Waals surface area contributed by atoms with Gasteiger partial charge in [-0.05, 0) is 83.5 Å². The van der Waals surface area contributed by atoms with Crippen LogP contribution >= 0.6 is 0 Å². The second kappa shape index (κ2) is 50.4. The Hall–Kier alpha value is -2.95. The van der Waals surface area contributed by atoms with Gasteiger partial charge in [0.25, 0.3) is 0 Å². The molecule has 0 aliphatic carbocycles. The van der Waals surface area contributed by atoms with Gasteiger partial charge in [0.05, 0.1) is 18.8 Å². The molecule has 1 amide bonds. The standard InChI is InChI=1S/C56H95NO3/c1-3-5-7-9-11-13-15-17-19-20-21-22-23-24-25-26-27-28-29-30-31-32-33-34-35-36-38-40-42-44-46-48-50-52-56(60)57-54(53-58)55(59)51-49-47-45-43-41-39-37-18-16-14-12-10-8-6-4-2/h5,7,11,13,17,19,21-22,24-25,27-28,30-31,33-34,36,38,54-55,58-59H,3-4,6,8-10,12,14-16,18,20,23,26,29,32,35,37,39-53H2,1-2H3,(H,57,60)/b7-5-,13-11-,19-17-,22-21-,25-24-,28-27-,31-30-,34-33-,38-36-. The molecule has 4 heteroatoms. The summed E-state index contributed by atoms with van der Waals surface area (Å²) in [5.74, 6) is -0.0547. The van der Waals surface area contributed by atoms with Gasteiger partial charge < -0.3 is 15.5 Å². The molecule has 0 aromatic carbocycles. The summed E-state index contributed by atoms with van der Waals surface area (Å²) in [5.41, 5.74) is 0. The van der Waals surface area contributed by atoms with E-state index in [1.165, 1.54) is 96.3 Å². The lowest BCUT2D eigenvalue weighted by Gasteiger charge is -2.22. The maximum atomic E-state index is 12.4. The molecule has 0 aliphatic rings. The number of hydrogen-bond donors (Lipinski definition) is 3. The highest BCUT2D eigenvalue weighted by atomic mass is 16.3. The molecule has 0 aromatic heterocycles. The second-order valence-electron chi connectivity index (χ2n) is 16.5. The molecule has 3 N–H and O–H groups in total. The van der Waals surface area contributed by atoms with E-state index < -0.39 is 12.1 Å². The highest BCUT2D eigenvalue weighted by Gasteiger charge is 2.20. The molecule has 2 atom stereocenters. The van der Waals surface area contributed by atoms with Gasteiger partial charge in [-0.1, -0.05) is 239 Å². The molecule has 0 heterocycles. The van der Waals surface area contributed by atoms with Crippen LogP contribution < -0.4 is 5.32 Å². The molecule has 0 spiro atoms. The molecule has 4 nitrogen and oxygen atoms in total. The monoisotopic (exact) mass is 830 g/mol. The molecule has 0 bridgehead atoms. The third-order valence-corrected chi connectivity index (χ3v) is 10.8. The highest BCUT2D eigenvalue weighted by Crippen LogP contribution is 2.15. The van der Waals surface area contributed by atoms with Crippen LogP contribution in [0.5, 0.6) is 0 Å². The van der Waals surface area contributed by atoms with Gasteiger partial charge in [0.15, 0.2) is 0 Å². The van der Waals surface area contributed by atoms with Crippen molar-refractivity contribution in [3.05, 3.63) is 109 Å². The average Bonchev–Trinajstić information content (AvgIpc) is 3.25. The van der Waals surface area contributed by atoms with Gasteiger partial charge in [-0.2, -0.15) is 0 Å². The van der Waals surface area contributed by atoms with Crippen LogP contribution in [0, 0.1) is 0 Å². The predicted octanol–water partition coefficient (Wildman–Crippen LogP) is 16.4. The minimum Gasteiger partial charge on any atom is -0.394 e. The van der Waals surface area contributed by atoms with Crippen LogP contribution in [0.15, 0.2) is 109 Å². The van der Waals surface area contributed by atoms with Gasteiger partial charge in [0.1, 0.15) is 0 Å².